The summed E-state index contributed by atoms with van der Waals surface area (Å²) >= 11 is 1.16. The number of nitrogens with one attached hydrogen (secondary N) is 2. The van der Waals surface area contributed by atoms with Gasteiger partial charge >= 0.3 is 6.18 Å². The molecule has 0 saturated carbocycles. The molecule has 1 heterocycles. The van der Waals surface area contributed by atoms with Gasteiger partial charge in [0.25, 0.3) is 5.91 Å². The number of benzene rings is 2. The van der Waals surface area contributed by atoms with Crippen molar-refractivity contribution in [3.63, 3.8) is 0 Å². The van der Waals surface area contributed by atoms with Crippen molar-refractivity contribution < 1.29 is 27.5 Å². The van der Waals surface area contributed by atoms with Gasteiger partial charge in [-0.25, -0.2) is 0 Å². The van der Waals surface area contributed by atoms with Crippen molar-refractivity contribution in [2.24, 2.45) is 5.92 Å². The van der Waals surface area contributed by atoms with E-state index in [-0.39, 0.29) is 16.6 Å². The molecule has 1 atom stereocenters. The molecule has 2 amide bonds. The van der Waals surface area contributed by atoms with Crippen molar-refractivity contribution in [2.75, 3.05) is 12.4 Å². The Morgan fingerprint density at radius 2 is 1.64 bits per heavy atom. The lowest BCUT2D eigenvalue weighted by Gasteiger charge is -2.21. The Labute approximate surface area is 192 Å². The smallest absolute Gasteiger partial charge is 0.416 e. The van der Waals surface area contributed by atoms with Gasteiger partial charge in [0.2, 0.25) is 11.0 Å². The van der Waals surface area contributed by atoms with Crippen LogP contribution in [0.4, 0.5) is 18.3 Å². The molecule has 2 N–H and O–H groups in total. The molecule has 1 unspecified atom stereocenters. The molecule has 2 aromatic carbocycles. The summed E-state index contributed by atoms with van der Waals surface area (Å²) in [5.41, 5.74) is -0.0508. The Morgan fingerprint density at radius 3 is 2.18 bits per heavy atom. The second-order valence-electron chi connectivity index (χ2n) is 7.40. The summed E-state index contributed by atoms with van der Waals surface area (Å²) in [6, 6.07) is 10.0. The number of methoxy groups -OCH3 is 1. The van der Waals surface area contributed by atoms with E-state index in [2.05, 4.69) is 20.8 Å². The molecule has 0 radical (unpaired) electrons. The van der Waals surface area contributed by atoms with Gasteiger partial charge in [0.1, 0.15) is 16.8 Å². The second kappa shape index (κ2) is 9.99. The highest BCUT2D eigenvalue weighted by Gasteiger charge is 2.31. The van der Waals surface area contributed by atoms with E-state index in [4.69, 9.17) is 4.74 Å². The van der Waals surface area contributed by atoms with Crippen LogP contribution in [0.5, 0.6) is 5.75 Å². The third-order valence-corrected chi connectivity index (χ3v) is 5.59. The lowest BCUT2D eigenvalue weighted by atomic mass is 10.0. The normalized spacial score (nSPS) is 12.3. The average molecular weight is 478 g/mol. The van der Waals surface area contributed by atoms with E-state index >= 15 is 0 Å². The first kappa shape index (κ1) is 24.2. The number of anilines is 1. The first-order valence-electron chi connectivity index (χ1n) is 9.85. The Morgan fingerprint density at radius 1 is 1.00 bits per heavy atom. The zero-order chi connectivity index (χ0) is 24.2. The molecule has 0 aliphatic heterocycles. The van der Waals surface area contributed by atoms with Crippen molar-refractivity contribution in [1.29, 1.82) is 0 Å². The lowest BCUT2D eigenvalue weighted by Crippen LogP contribution is -2.47. The fourth-order valence-electron chi connectivity index (χ4n) is 2.88. The van der Waals surface area contributed by atoms with E-state index in [9.17, 15) is 22.8 Å². The highest BCUT2D eigenvalue weighted by molar-refractivity contribution is 7.18. The minimum absolute atomic E-state index is 0.0131. The topological polar surface area (TPSA) is 93.2 Å². The molecular weight excluding hydrogens is 457 g/mol. The summed E-state index contributed by atoms with van der Waals surface area (Å²) in [5.74, 6) is -0.769. The third kappa shape index (κ3) is 6.07. The van der Waals surface area contributed by atoms with Crippen LogP contribution in [0.2, 0.25) is 0 Å². The number of nitrogens with zero attached hydrogens (tertiary/aromatic N) is 2. The van der Waals surface area contributed by atoms with Crippen LogP contribution < -0.4 is 15.4 Å². The van der Waals surface area contributed by atoms with Crippen LogP contribution in [0.1, 0.15) is 29.8 Å². The van der Waals surface area contributed by atoms with E-state index in [0.717, 1.165) is 41.2 Å². The number of amides is 2. The van der Waals surface area contributed by atoms with Gasteiger partial charge in [0.05, 0.1) is 12.7 Å². The Kier molecular flexibility index (Phi) is 7.32. The van der Waals surface area contributed by atoms with Gasteiger partial charge in [-0.3, -0.25) is 14.9 Å². The van der Waals surface area contributed by atoms with Crippen LogP contribution in [-0.2, 0) is 11.0 Å². The first-order chi connectivity index (χ1) is 15.6. The molecule has 174 valence electrons. The average Bonchev–Trinajstić information content (AvgIpc) is 3.25. The van der Waals surface area contributed by atoms with Gasteiger partial charge < -0.3 is 10.1 Å². The summed E-state index contributed by atoms with van der Waals surface area (Å²) in [4.78, 5) is 25.3. The Bertz CT molecular complexity index is 1110. The number of alkyl halides is 3. The van der Waals surface area contributed by atoms with Crippen LogP contribution in [0.25, 0.3) is 10.6 Å². The number of carbonyl (C=O) groups excluding carboxylic acids is 2. The molecule has 0 aliphatic rings. The molecular formula is C22H21F3N4O3S. The van der Waals surface area contributed by atoms with E-state index < -0.39 is 29.6 Å². The largest absolute Gasteiger partial charge is 0.497 e. The molecule has 3 aromatic rings. The van der Waals surface area contributed by atoms with E-state index in [1.165, 1.54) is 0 Å². The van der Waals surface area contributed by atoms with Gasteiger partial charge in [-0.2, -0.15) is 13.2 Å². The van der Waals surface area contributed by atoms with E-state index in [0.29, 0.717) is 10.8 Å². The van der Waals surface area contributed by atoms with Crippen LogP contribution in [0.15, 0.2) is 48.5 Å². The van der Waals surface area contributed by atoms with Gasteiger partial charge in [-0.05, 0) is 54.4 Å². The zero-order valence-electron chi connectivity index (χ0n) is 17.9. The molecule has 11 heteroatoms. The number of ether oxygens (including phenoxy) is 1. The van der Waals surface area contributed by atoms with E-state index in [1.54, 1.807) is 33.1 Å². The van der Waals surface area contributed by atoms with E-state index in [1.807, 2.05) is 12.1 Å². The summed E-state index contributed by atoms with van der Waals surface area (Å²) in [5, 5.41) is 14.1. The van der Waals surface area contributed by atoms with Gasteiger partial charge in [-0.15, -0.1) is 10.2 Å². The number of carbonyl (C=O) groups is 2. The SMILES string of the molecule is COc1ccc(-c2nnc(NC(=O)C(NC(=O)c3ccc(C(F)(F)F)cc3)C(C)C)s2)cc1. The van der Waals surface area contributed by atoms with Crippen LogP contribution >= 0.6 is 11.3 Å². The fourth-order valence-corrected chi connectivity index (χ4v) is 3.63. The van der Waals surface area contributed by atoms with Crippen molar-refractivity contribution in [3.8, 4) is 16.3 Å². The van der Waals surface area contributed by atoms with Gasteiger partial charge in [-0.1, -0.05) is 25.2 Å². The summed E-state index contributed by atoms with van der Waals surface area (Å²) < 4.78 is 43.3. The van der Waals surface area contributed by atoms with Gasteiger partial charge in [0.15, 0.2) is 0 Å². The van der Waals surface area contributed by atoms with Crippen molar-refractivity contribution in [2.45, 2.75) is 26.1 Å². The number of hydrogen-bond donors (Lipinski definition) is 2. The monoisotopic (exact) mass is 478 g/mol. The Balaban J connectivity index is 1.68. The molecule has 7 nitrogen and oxygen atoms in total. The summed E-state index contributed by atoms with van der Waals surface area (Å²) in [6.07, 6.45) is -4.50. The first-order valence-corrected chi connectivity index (χ1v) is 10.7. The van der Waals surface area contributed by atoms with Crippen molar-refractivity contribution >= 4 is 28.3 Å². The number of aromatic nitrogens is 2. The standard InChI is InChI=1S/C22H21F3N4O3S/c1-12(2)17(26-18(30)13-4-8-15(9-5-13)22(23,24)25)19(31)27-21-29-28-20(33-21)14-6-10-16(32-3)11-7-14/h4-12,17H,1-3H3,(H,26,30)(H,27,29,31). The summed E-state index contributed by atoms with van der Waals surface area (Å²) in [7, 11) is 1.56. The number of hydrogen-bond acceptors (Lipinski definition) is 6. The quantitative estimate of drug-likeness (QED) is 0.517. The molecule has 1 aromatic heterocycles. The van der Waals surface area contributed by atoms with Crippen molar-refractivity contribution in [3.05, 3.63) is 59.7 Å². The van der Waals surface area contributed by atoms with Gasteiger partial charge in [0, 0.05) is 11.1 Å². The maximum absolute atomic E-state index is 12.8. The molecule has 0 saturated heterocycles. The predicted octanol–water partition coefficient (Wildman–Crippen LogP) is 4.63. The zero-order valence-corrected chi connectivity index (χ0v) is 18.8. The van der Waals surface area contributed by atoms with Crippen molar-refractivity contribution in [1.82, 2.24) is 15.5 Å². The Hall–Kier alpha value is -3.47. The highest BCUT2D eigenvalue weighted by atomic mass is 32.1. The third-order valence-electron chi connectivity index (χ3n) is 4.70. The molecule has 3 rings (SSSR count). The molecule has 0 fully saturated rings. The summed E-state index contributed by atoms with van der Waals surface area (Å²) in [6.45, 7) is 3.47. The van der Waals surface area contributed by atoms with Crippen LogP contribution in [0.3, 0.4) is 0 Å². The maximum Gasteiger partial charge on any atom is 0.416 e. The molecule has 0 bridgehead atoms. The lowest BCUT2D eigenvalue weighted by molar-refractivity contribution is -0.137. The highest BCUT2D eigenvalue weighted by Crippen LogP contribution is 2.29. The minimum atomic E-state index is -4.50. The van der Waals surface area contributed by atoms with Crippen LogP contribution in [0, 0.1) is 5.92 Å². The molecule has 0 spiro atoms. The second-order valence-corrected chi connectivity index (χ2v) is 8.38. The number of rotatable bonds is 7. The fraction of sp³-hybridized carbons (Fsp3) is 0.273. The maximum atomic E-state index is 12.8. The molecule has 0 aliphatic carbocycles. The van der Waals surface area contributed by atoms with Crippen LogP contribution in [-0.4, -0.2) is 35.2 Å². The minimum Gasteiger partial charge on any atom is -0.497 e. The number of halogens is 3. The predicted molar refractivity (Wildman–Crippen MR) is 118 cm³/mol. The molecule has 33 heavy (non-hydrogen) atoms.